The Morgan fingerprint density at radius 2 is 1.90 bits per heavy atom. The number of likely N-dealkylation sites (tertiary alicyclic amines) is 1. The van der Waals surface area contributed by atoms with E-state index in [1.54, 1.807) is 0 Å². The third kappa shape index (κ3) is 3.81. The van der Waals surface area contributed by atoms with Crippen molar-refractivity contribution in [2.75, 3.05) is 26.7 Å². The van der Waals surface area contributed by atoms with Gasteiger partial charge in [0.15, 0.2) is 0 Å². The summed E-state index contributed by atoms with van der Waals surface area (Å²) in [5.74, 6) is 0.762. The van der Waals surface area contributed by atoms with E-state index < -0.39 is 5.60 Å². The van der Waals surface area contributed by atoms with Crippen LogP contribution in [0.4, 0.5) is 0 Å². The molecule has 20 heavy (non-hydrogen) atoms. The van der Waals surface area contributed by atoms with Gasteiger partial charge < -0.3 is 15.3 Å². The molecule has 3 nitrogen and oxygen atoms in total. The predicted molar refractivity (Wildman–Crippen MR) is 83.7 cm³/mol. The summed E-state index contributed by atoms with van der Waals surface area (Å²) in [4.78, 5) is 2.39. The standard InChI is InChI=1S/C17H28N2O/c1-14(18-3)15-9-11-19(12-10-15)13-17(2,20)16-7-5-4-6-8-16/h4-8,14-15,18,20H,9-13H2,1-3H3. The molecule has 112 valence electrons. The second-order valence-corrected chi connectivity index (χ2v) is 6.33. The Hall–Kier alpha value is -0.900. The molecular formula is C17H28N2O. The van der Waals surface area contributed by atoms with E-state index in [9.17, 15) is 5.11 Å². The number of aliphatic hydroxyl groups is 1. The first kappa shape index (κ1) is 15.5. The monoisotopic (exact) mass is 276 g/mol. The van der Waals surface area contributed by atoms with E-state index in [2.05, 4.69) is 17.1 Å². The third-order valence-electron chi connectivity index (χ3n) is 4.72. The Morgan fingerprint density at radius 3 is 2.45 bits per heavy atom. The number of hydrogen-bond donors (Lipinski definition) is 2. The number of benzene rings is 1. The van der Waals surface area contributed by atoms with E-state index in [4.69, 9.17) is 0 Å². The van der Waals surface area contributed by atoms with E-state index in [1.807, 2.05) is 44.3 Å². The number of rotatable bonds is 5. The van der Waals surface area contributed by atoms with Gasteiger partial charge in [-0.15, -0.1) is 0 Å². The maximum absolute atomic E-state index is 10.7. The van der Waals surface area contributed by atoms with Crippen molar-refractivity contribution in [1.29, 1.82) is 0 Å². The highest BCUT2D eigenvalue weighted by Gasteiger charge is 2.29. The molecule has 2 unspecified atom stereocenters. The number of hydrogen-bond acceptors (Lipinski definition) is 3. The average Bonchev–Trinajstić information content (AvgIpc) is 2.48. The maximum atomic E-state index is 10.7. The van der Waals surface area contributed by atoms with Crippen LogP contribution in [0.3, 0.4) is 0 Å². The molecule has 2 N–H and O–H groups in total. The molecule has 0 bridgehead atoms. The van der Waals surface area contributed by atoms with Crippen molar-refractivity contribution in [2.45, 2.75) is 38.3 Å². The number of β-amino-alcohol motifs (C(OH)–C–C–N with tert-alkyl or cyclic N) is 1. The maximum Gasteiger partial charge on any atom is 0.0994 e. The van der Waals surface area contributed by atoms with Crippen molar-refractivity contribution >= 4 is 0 Å². The van der Waals surface area contributed by atoms with Gasteiger partial charge in [0.2, 0.25) is 0 Å². The van der Waals surface area contributed by atoms with Crippen LogP contribution in [0, 0.1) is 5.92 Å². The largest absolute Gasteiger partial charge is 0.384 e. The lowest BCUT2D eigenvalue weighted by molar-refractivity contribution is 0.00423. The van der Waals surface area contributed by atoms with Crippen LogP contribution in [0.1, 0.15) is 32.3 Å². The minimum atomic E-state index is -0.761. The average molecular weight is 276 g/mol. The van der Waals surface area contributed by atoms with Crippen molar-refractivity contribution in [1.82, 2.24) is 10.2 Å². The highest BCUT2D eigenvalue weighted by molar-refractivity contribution is 5.21. The fraction of sp³-hybridized carbons (Fsp3) is 0.647. The topological polar surface area (TPSA) is 35.5 Å². The van der Waals surface area contributed by atoms with E-state index in [1.165, 1.54) is 12.8 Å². The van der Waals surface area contributed by atoms with Gasteiger partial charge in [0, 0.05) is 12.6 Å². The molecule has 0 aliphatic carbocycles. The molecule has 0 saturated carbocycles. The predicted octanol–water partition coefficient (Wildman–Crippen LogP) is 2.21. The summed E-state index contributed by atoms with van der Waals surface area (Å²) < 4.78 is 0. The van der Waals surface area contributed by atoms with E-state index in [0.717, 1.165) is 31.1 Å². The first-order valence-electron chi connectivity index (χ1n) is 7.70. The van der Waals surface area contributed by atoms with Crippen LogP contribution in [0.15, 0.2) is 30.3 Å². The minimum Gasteiger partial charge on any atom is -0.384 e. The molecule has 0 amide bonds. The van der Waals surface area contributed by atoms with Crippen LogP contribution in [0.5, 0.6) is 0 Å². The molecule has 0 radical (unpaired) electrons. The number of nitrogens with one attached hydrogen (secondary N) is 1. The number of nitrogens with zero attached hydrogens (tertiary/aromatic N) is 1. The second-order valence-electron chi connectivity index (χ2n) is 6.33. The van der Waals surface area contributed by atoms with Gasteiger partial charge in [0.1, 0.15) is 0 Å². The molecule has 2 atom stereocenters. The second kappa shape index (κ2) is 6.70. The molecule has 1 aliphatic rings. The van der Waals surface area contributed by atoms with Gasteiger partial charge in [-0.3, -0.25) is 0 Å². The van der Waals surface area contributed by atoms with Crippen LogP contribution in [-0.2, 0) is 5.60 Å². The summed E-state index contributed by atoms with van der Waals surface area (Å²) >= 11 is 0. The Bertz CT molecular complexity index is 397. The van der Waals surface area contributed by atoms with Crippen molar-refractivity contribution in [3.63, 3.8) is 0 Å². The summed E-state index contributed by atoms with van der Waals surface area (Å²) in [7, 11) is 2.04. The van der Waals surface area contributed by atoms with Gasteiger partial charge in [0.25, 0.3) is 0 Å². The minimum absolute atomic E-state index is 0.590. The summed E-state index contributed by atoms with van der Waals surface area (Å²) in [6.45, 7) is 7.07. The van der Waals surface area contributed by atoms with Crippen LogP contribution in [-0.4, -0.2) is 42.7 Å². The lowest BCUT2D eigenvalue weighted by Crippen LogP contribution is -2.45. The Labute approximate surface area is 123 Å². The Morgan fingerprint density at radius 1 is 1.30 bits per heavy atom. The molecule has 0 aromatic heterocycles. The molecular weight excluding hydrogens is 248 g/mol. The SMILES string of the molecule is CNC(C)C1CCN(CC(C)(O)c2ccccc2)CC1. The molecule has 1 saturated heterocycles. The summed E-state index contributed by atoms with van der Waals surface area (Å²) in [5.41, 5.74) is 0.244. The number of piperidine rings is 1. The molecule has 2 rings (SSSR count). The van der Waals surface area contributed by atoms with E-state index in [-0.39, 0.29) is 0 Å². The lowest BCUT2D eigenvalue weighted by atomic mass is 9.89. The highest BCUT2D eigenvalue weighted by Crippen LogP contribution is 2.26. The smallest absolute Gasteiger partial charge is 0.0994 e. The van der Waals surface area contributed by atoms with Gasteiger partial charge >= 0.3 is 0 Å². The fourth-order valence-electron chi connectivity index (χ4n) is 3.17. The Kier molecular flexibility index (Phi) is 5.19. The van der Waals surface area contributed by atoms with Crippen molar-refractivity contribution < 1.29 is 5.11 Å². The molecule has 1 aromatic rings. The molecule has 1 fully saturated rings. The van der Waals surface area contributed by atoms with Gasteiger partial charge in [-0.1, -0.05) is 30.3 Å². The van der Waals surface area contributed by atoms with Crippen molar-refractivity contribution in [2.24, 2.45) is 5.92 Å². The molecule has 1 heterocycles. The highest BCUT2D eigenvalue weighted by atomic mass is 16.3. The summed E-state index contributed by atoms with van der Waals surface area (Å²) in [5, 5.41) is 14.1. The summed E-state index contributed by atoms with van der Waals surface area (Å²) in [6, 6.07) is 10.6. The zero-order valence-corrected chi connectivity index (χ0v) is 13.0. The van der Waals surface area contributed by atoms with Crippen molar-refractivity contribution in [3.05, 3.63) is 35.9 Å². The van der Waals surface area contributed by atoms with Crippen LogP contribution in [0.2, 0.25) is 0 Å². The van der Waals surface area contributed by atoms with E-state index >= 15 is 0 Å². The van der Waals surface area contributed by atoms with Gasteiger partial charge in [0.05, 0.1) is 5.60 Å². The molecule has 1 aliphatic heterocycles. The van der Waals surface area contributed by atoms with Gasteiger partial charge in [-0.05, 0) is 58.3 Å². The molecule has 3 heteroatoms. The first-order chi connectivity index (χ1) is 9.53. The van der Waals surface area contributed by atoms with Crippen LogP contribution < -0.4 is 5.32 Å². The zero-order chi connectivity index (χ0) is 14.6. The Balaban J connectivity index is 1.89. The normalized spacial score (nSPS) is 22.4. The lowest BCUT2D eigenvalue weighted by Gasteiger charge is -2.38. The van der Waals surface area contributed by atoms with E-state index in [0.29, 0.717) is 6.04 Å². The van der Waals surface area contributed by atoms with Gasteiger partial charge in [-0.2, -0.15) is 0 Å². The van der Waals surface area contributed by atoms with Crippen LogP contribution in [0.25, 0.3) is 0 Å². The first-order valence-corrected chi connectivity index (χ1v) is 7.70. The van der Waals surface area contributed by atoms with Gasteiger partial charge in [-0.25, -0.2) is 0 Å². The van der Waals surface area contributed by atoms with Crippen LogP contribution >= 0.6 is 0 Å². The third-order valence-corrected chi connectivity index (χ3v) is 4.72. The molecule has 1 aromatic carbocycles. The zero-order valence-electron chi connectivity index (χ0n) is 13.0. The summed E-state index contributed by atoms with van der Waals surface area (Å²) in [6.07, 6.45) is 2.43. The fourth-order valence-corrected chi connectivity index (χ4v) is 3.17. The quantitative estimate of drug-likeness (QED) is 0.865. The molecule has 0 spiro atoms. The van der Waals surface area contributed by atoms with Crippen molar-refractivity contribution in [3.8, 4) is 0 Å².